The molecule has 0 spiro atoms. The summed E-state index contributed by atoms with van der Waals surface area (Å²) in [4.78, 5) is 6.43. The number of aromatic nitrogens is 3. The molecule has 26 heavy (non-hydrogen) atoms. The van der Waals surface area contributed by atoms with Gasteiger partial charge in [-0.15, -0.1) is 0 Å². The topological polar surface area (TPSA) is 50.4 Å². The molecule has 2 heterocycles. The van der Waals surface area contributed by atoms with Gasteiger partial charge in [0.2, 0.25) is 0 Å². The molecule has 0 aliphatic carbocycles. The Bertz CT molecular complexity index is 881. The molecule has 7 heteroatoms. The summed E-state index contributed by atoms with van der Waals surface area (Å²) in [7, 11) is 5.77. The van der Waals surface area contributed by atoms with Gasteiger partial charge in [-0.2, -0.15) is 5.10 Å². The number of halogens is 1. The first-order valence-corrected chi connectivity index (χ1v) is 8.76. The van der Waals surface area contributed by atoms with Gasteiger partial charge >= 0.3 is 0 Å². The molecule has 0 radical (unpaired) electrons. The maximum absolute atomic E-state index is 6.06. The van der Waals surface area contributed by atoms with Gasteiger partial charge in [0.05, 0.1) is 23.5 Å². The fourth-order valence-corrected chi connectivity index (χ4v) is 3.05. The highest BCUT2D eigenvalue weighted by molar-refractivity contribution is 6.30. The number of aryl methyl sites for hydroxylation is 1. The van der Waals surface area contributed by atoms with Gasteiger partial charge in [0.15, 0.2) is 5.96 Å². The lowest BCUT2D eigenvalue weighted by Crippen LogP contribution is -2.38. The SMILES string of the molecule is CN=C(NCc1cnn(-c2ccccc2)c1)N(C)Cc1cc(Cl)cn1C. The minimum absolute atomic E-state index is 0.651. The van der Waals surface area contributed by atoms with E-state index in [1.54, 1.807) is 7.05 Å². The van der Waals surface area contributed by atoms with Crippen LogP contribution in [0.15, 0.2) is 60.0 Å². The Labute approximate surface area is 158 Å². The summed E-state index contributed by atoms with van der Waals surface area (Å²) in [5.74, 6) is 0.815. The highest BCUT2D eigenvalue weighted by Gasteiger charge is 2.10. The second kappa shape index (κ2) is 8.10. The average Bonchev–Trinajstić information content (AvgIpc) is 3.23. The highest BCUT2D eigenvalue weighted by atomic mass is 35.5. The van der Waals surface area contributed by atoms with Gasteiger partial charge in [0.25, 0.3) is 0 Å². The summed E-state index contributed by atoms with van der Waals surface area (Å²) in [5, 5.41) is 8.54. The van der Waals surface area contributed by atoms with Crippen molar-refractivity contribution >= 4 is 17.6 Å². The van der Waals surface area contributed by atoms with Gasteiger partial charge in [-0.3, -0.25) is 4.99 Å². The lowest BCUT2D eigenvalue weighted by molar-refractivity contribution is 0.461. The van der Waals surface area contributed by atoms with E-state index >= 15 is 0 Å². The Morgan fingerprint density at radius 2 is 2.04 bits per heavy atom. The van der Waals surface area contributed by atoms with Crippen LogP contribution in [0.2, 0.25) is 5.02 Å². The normalized spacial score (nSPS) is 11.6. The van der Waals surface area contributed by atoms with Crippen LogP contribution in [-0.4, -0.2) is 39.3 Å². The largest absolute Gasteiger partial charge is 0.352 e. The summed E-state index contributed by atoms with van der Waals surface area (Å²) in [6, 6.07) is 12.0. The van der Waals surface area contributed by atoms with Crippen molar-refractivity contribution in [1.82, 2.24) is 24.6 Å². The first-order valence-electron chi connectivity index (χ1n) is 8.38. The van der Waals surface area contributed by atoms with E-state index in [2.05, 4.69) is 20.3 Å². The molecule has 0 bridgehead atoms. The number of nitrogens with one attached hydrogen (secondary N) is 1. The summed E-state index contributed by atoms with van der Waals surface area (Å²) >= 11 is 6.06. The molecule has 0 saturated carbocycles. The fourth-order valence-electron chi connectivity index (χ4n) is 2.78. The van der Waals surface area contributed by atoms with Crippen LogP contribution in [0.25, 0.3) is 5.69 Å². The van der Waals surface area contributed by atoms with Crippen LogP contribution < -0.4 is 5.32 Å². The lowest BCUT2D eigenvalue weighted by atomic mass is 10.3. The Morgan fingerprint density at radius 3 is 2.69 bits per heavy atom. The summed E-state index contributed by atoms with van der Waals surface area (Å²) in [6.07, 6.45) is 5.79. The number of para-hydroxylation sites is 1. The fraction of sp³-hybridized carbons (Fsp3) is 0.263. The number of aliphatic imine (C=N–C) groups is 1. The van der Waals surface area contributed by atoms with Gasteiger partial charge in [-0.05, 0) is 18.2 Å². The molecule has 0 amide bonds. The van der Waals surface area contributed by atoms with Crippen molar-refractivity contribution in [3.63, 3.8) is 0 Å². The first kappa shape index (κ1) is 18.1. The quantitative estimate of drug-likeness (QED) is 0.554. The smallest absolute Gasteiger partial charge is 0.194 e. The van der Waals surface area contributed by atoms with Crippen molar-refractivity contribution in [2.75, 3.05) is 14.1 Å². The van der Waals surface area contributed by atoms with Gasteiger partial charge in [-0.25, -0.2) is 4.68 Å². The van der Waals surface area contributed by atoms with Crippen LogP contribution in [-0.2, 0) is 20.1 Å². The molecule has 0 fully saturated rings. The molecule has 0 aliphatic rings. The van der Waals surface area contributed by atoms with Crippen LogP contribution in [0.3, 0.4) is 0 Å². The number of hydrogen-bond donors (Lipinski definition) is 1. The minimum Gasteiger partial charge on any atom is -0.352 e. The Hall–Kier alpha value is -2.73. The summed E-state index contributed by atoms with van der Waals surface area (Å²) < 4.78 is 3.89. The van der Waals surface area contributed by atoms with E-state index in [1.807, 2.05) is 78.3 Å². The zero-order chi connectivity index (χ0) is 18.5. The van der Waals surface area contributed by atoms with Crippen LogP contribution in [0.5, 0.6) is 0 Å². The minimum atomic E-state index is 0.651. The average molecular weight is 371 g/mol. The Balaban J connectivity index is 1.61. The van der Waals surface area contributed by atoms with Gasteiger partial charge in [0, 0.05) is 51.3 Å². The lowest BCUT2D eigenvalue weighted by Gasteiger charge is -2.22. The molecule has 1 N–H and O–H groups in total. The molecule has 2 aromatic heterocycles. The van der Waals surface area contributed by atoms with Crippen molar-refractivity contribution in [3.8, 4) is 5.69 Å². The molecule has 0 atom stereocenters. The standard InChI is InChI=1S/C19H23ClN6/c1-21-19(25(3)14-18-9-16(20)13-24(18)2)22-10-15-11-23-26(12-15)17-7-5-4-6-8-17/h4-9,11-13H,10,14H2,1-3H3,(H,21,22). The molecule has 1 aromatic carbocycles. The van der Waals surface area contributed by atoms with Crippen molar-refractivity contribution in [1.29, 1.82) is 0 Å². The van der Waals surface area contributed by atoms with E-state index in [9.17, 15) is 0 Å². The zero-order valence-electron chi connectivity index (χ0n) is 15.2. The molecule has 0 unspecified atom stereocenters. The van der Waals surface area contributed by atoms with Crippen LogP contribution in [0, 0.1) is 0 Å². The second-order valence-corrected chi connectivity index (χ2v) is 6.58. The summed E-state index contributed by atoms with van der Waals surface area (Å²) in [5.41, 5.74) is 3.25. The number of rotatable bonds is 5. The summed E-state index contributed by atoms with van der Waals surface area (Å²) in [6.45, 7) is 1.36. The van der Waals surface area contributed by atoms with E-state index in [0.29, 0.717) is 13.1 Å². The Kier molecular flexibility index (Phi) is 5.63. The predicted octanol–water partition coefficient (Wildman–Crippen LogP) is 3.07. The number of hydrogen-bond acceptors (Lipinski definition) is 2. The zero-order valence-corrected chi connectivity index (χ0v) is 16.0. The highest BCUT2D eigenvalue weighted by Crippen LogP contribution is 2.14. The molecular formula is C19H23ClN6. The third-order valence-electron chi connectivity index (χ3n) is 4.15. The third-order valence-corrected chi connectivity index (χ3v) is 4.36. The molecule has 3 aromatic rings. The monoisotopic (exact) mass is 370 g/mol. The third kappa shape index (κ3) is 4.26. The van der Waals surface area contributed by atoms with Gasteiger partial charge in [0.1, 0.15) is 0 Å². The maximum atomic E-state index is 6.06. The Morgan fingerprint density at radius 1 is 1.27 bits per heavy atom. The van der Waals surface area contributed by atoms with Gasteiger partial charge in [-0.1, -0.05) is 29.8 Å². The van der Waals surface area contributed by atoms with Gasteiger partial charge < -0.3 is 14.8 Å². The maximum Gasteiger partial charge on any atom is 0.194 e. The first-order chi connectivity index (χ1) is 12.6. The molecule has 3 rings (SSSR count). The molecule has 6 nitrogen and oxygen atoms in total. The van der Waals surface area contributed by atoms with E-state index in [4.69, 9.17) is 11.6 Å². The van der Waals surface area contributed by atoms with Crippen molar-refractivity contribution in [2.45, 2.75) is 13.1 Å². The second-order valence-electron chi connectivity index (χ2n) is 6.15. The number of nitrogens with zero attached hydrogens (tertiary/aromatic N) is 5. The molecule has 136 valence electrons. The van der Waals surface area contributed by atoms with Crippen molar-refractivity contribution < 1.29 is 0 Å². The number of guanidine groups is 1. The number of benzene rings is 1. The van der Waals surface area contributed by atoms with E-state index < -0.39 is 0 Å². The van der Waals surface area contributed by atoms with E-state index in [1.165, 1.54) is 0 Å². The predicted molar refractivity (Wildman–Crippen MR) is 106 cm³/mol. The molecular weight excluding hydrogens is 348 g/mol. The van der Waals surface area contributed by atoms with Crippen LogP contribution >= 0.6 is 11.6 Å². The molecule has 0 saturated heterocycles. The van der Waals surface area contributed by atoms with Crippen molar-refractivity contribution in [3.05, 3.63) is 71.3 Å². The van der Waals surface area contributed by atoms with Crippen LogP contribution in [0.1, 0.15) is 11.3 Å². The van der Waals surface area contributed by atoms with Crippen LogP contribution in [0.4, 0.5) is 0 Å². The molecule has 0 aliphatic heterocycles. The van der Waals surface area contributed by atoms with E-state index in [-0.39, 0.29) is 0 Å². The van der Waals surface area contributed by atoms with E-state index in [0.717, 1.165) is 27.9 Å². The van der Waals surface area contributed by atoms with Crippen molar-refractivity contribution in [2.24, 2.45) is 12.0 Å².